The fourth-order valence-corrected chi connectivity index (χ4v) is 2.43. The predicted octanol–water partition coefficient (Wildman–Crippen LogP) is 4.14. The third-order valence-electron chi connectivity index (χ3n) is 3.93. The van der Waals surface area contributed by atoms with Crippen LogP contribution in [0.4, 0.5) is 5.69 Å². The topological polar surface area (TPSA) is 23.5 Å². The summed E-state index contributed by atoms with van der Waals surface area (Å²) in [5.41, 5.74) is 2.35. The van der Waals surface area contributed by atoms with E-state index in [-0.39, 0.29) is 6.10 Å². The molecule has 0 radical (unpaired) electrons. The molecule has 0 heterocycles. The van der Waals surface area contributed by atoms with Crippen molar-refractivity contribution in [2.24, 2.45) is 5.92 Å². The summed E-state index contributed by atoms with van der Waals surface area (Å²) in [5, 5.41) is 9.84. The molecule has 1 saturated carbocycles. The van der Waals surface area contributed by atoms with Crippen LogP contribution in [0.25, 0.3) is 0 Å². The lowest BCUT2D eigenvalue weighted by Crippen LogP contribution is -2.27. The van der Waals surface area contributed by atoms with E-state index in [0.717, 1.165) is 30.5 Å². The third kappa shape index (κ3) is 3.97. The molecule has 0 aliphatic heterocycles. The monoisotopic (exact) mass is 261 g/mol. The molecule has 1 N–H and O–H groups in total. The summed E-state index contributed by atoms with van der Waals surface area (Å²) in [5.74, 6) is 0.752. The van der Waals surface area contributed by atoms with E-state index in [9.17, 15) is 5.11 Å². The molecule has 0 spiro atoms. The first-order valence-corrected chi connectivity index (χ1v) is 7.66. The van der Waals surface area contributed by atoms with Gasteiger partial charge in [0.15, 0.2) is 0 Å². The van der Waals surface area contributed by atoms with Crippen LogP contribution in [-0.4, -0.2) is 17.7 Å². The first kappa shape index (κ1) is 14.4. The SMILES string of the molecule is CC[C@H](O)c1ccc(N(CCC(C)C)C2CC2)cc1. The molecule has 106 valence electrons. The summed E-state index contributed by atoms with van der Waals surface area (Å²) in [4.78, 5) is 2.54. The van der Waals surface area contributed by atoms with Crippen LogP contribution in [0.2, 0.25) is 0 Å². The Morgan fingerprint density at radius 3 is 2.32 bits per heavy atom. The Hall–Kier alpha value is -1.02. The van der Waals surface area contributed by atoms with E-state index >= 15 is 0 Å². The standard InChI is InChI=1S/C17H27NO/c1-4-17(19)14-5-7-15(8-6-14)18(16-9-10-16)12-11-13(2)3/h5-8,13,16-17,19H,4,9-12H2,1-3H3/t17-/m0/s1. The lowest BCUT2D eigenvalue weighted by Gasteiger charge is -2.26. The molecule has 2 heteroatoms. The highest BCUT2D eigenvalue weighted by atomic mass is 16.3. The van der Waals surface area contributed by atoms with Gasteiger partial charge in [0.1, 0.15) is 0 Å². The molecular weight excluding hydrogens is 234 g/mol. The van der Waals surface area contributed by atoms with Gasteiger partial charge in [-0.3, -0.25) is 0 Å². The number of aliphatic hydroxyl groups is 1. The first-order chi connectivity index (χ1) is 9.11. The second-order valence-corrected chi connectivity index (χ2v) is 6.12. The lowest BCUT2D eigenvalue weighted by atomic mass is 10.1. The van der Waals surface area contributed by atoms with Crippen LogP contribution < -0.4 is 4.90 Å². The summed E-state index contributed by atoms with van der Waals surface area (Å²) >= 11 is 0. The van der Waals surface area contributed by atoms with Gasteiger partial charge in [-0.25, -0.2) is 0 Å². The van der Waals surface area contributed by atoms with Crippen molar-refractivity contribution < 1.29 is 5.11 Å². The second-order valence-electron chi connectivity index (χ2n) is 6.12. The van der Waals surface area contributed by atoms with Gasteiger partial charge in [0.2, 0.25) is 0 Å². The van der Waals surface area contributed by atoms with Crippen LogP contribution in [0.5, 0.6) is 0 Å². The number of hydrogen-bond donors (Lipinski definition) is 1. The van der Waals surface area contributed by atoms with Gasteiger partial charge in [0, 0.05) is 18.3 Å². The van der Waals surface area contributed by atoms with Crippen molar-refractivity contribution in [3.05, 3.63) is 29.8 Å². The van der Waals surface area contributed by atoms with E-state index in [2.05, 4.69) is 43.0 Å². The van der Waals surface area contributed by atoms with Crippen molar-refractivity contribution in [2.75, 3.05) is 11.4 Å². The number of aliphatic hydroxyl groups excluding tert-OH is 1. The van der Waals surface area contributed by atoms with Crippen molar-refractivity contribution in [3.8, 4) is 0 Å². The van der Waals surface area contributed by atoms with E-state index < -0.39 is 0 Å². The van der Waals surface area contributed by atoms with Crippen LogP contribution in [-0.2, 0) is 0 Å². The molecule has 1 aliphatic rings. The van der Waals surface area contributed by atoms with Crippen LogP contribution in [0, 0.1) is 5.92 Å². The third-order valence-corrected chi connectivity index (χ3v) is 3.93. The van der Waals surface area contributed by atoms with Crippen molar-refractivity contribution in [3.63, 3.8) is 0 Å². The smallest absolute Gasteiger partial charge is 0.0787 e. The van der Waals surface area contributed by atoms with Crippen LogP contribution >= 0.6 is 0 Å². The Kier molecular flexibility index (Phi) is 4.87. The number of hydrogen-bond acceptors (Lipinski definition) is 2. The van der Waals surface area contributed by atoms with Crippen molar-refractivity contribution >= 4 is 5.69 Å². The average Bonchev–Trinajstić information content (AvgIpc) is 3.23. The summed E-state index contributed by atoms with van der Waals surface area (Å²) in [6.45, 7) is 7.73. The summed E-state index contributed by atoms with van der Waals surface area (Å²) in [6.07, 6.45) is 4.36. The Bertz CT molecular complexity index is 381. The van der Waals surface area contributed by atoms with Gasteiger partial charge in [-0.2, -0.15) is 0 Å². The van der Waals surface area contributed by atoms with E-state index in [4.69, 9.17) is 0 Å². The van der Waals surface area contributed by atoms with Gasteiger partial charge < -0.3 is 10.0 Å². The molecule has 1 aliphatic carbocycles. The molecule has 2 rings (SSSR count). The molecule has 0 amide bonds. The van der Waals surface area contributed by atoms with Crippen molar-refractivity contribution in [2.45, 2.75) is 58.6 Å². The van der Waals surface area contributed by atoms with E-state index in [1.165, 1.54) is 24.9 Å². The number of nitrogens with zero attached hydrogens (tertiary/aromatic N) is 1. The quantitative estimate of drug-likeness (QED) is 0.797. The van der Waals surface area contributed by atoms with Gasteiger partial charge in [-0.05, 0) is 49.3 Å². The first-order valence-electron chi connectivity index (χ1n) is 7.66. The van der Waals surface area contributed by atoms with Gasteiger partial charge in [-0.15, -0.1) is 0 Å². The number of rotatable bonds is 7. The van der Waals surface area contributed by atoms with E-state index in [1.807, 2.05) is 6.92 Å². The minimum atomic E-state index is -0.320. The molecule has 1 atom stereocenters. The minimum Gasteiger partial charge on any atom is -0.388 e. The largest absolute Gasteiger partial charge is 0.388 e. The molecule has 0 unspecified atom stereocenters. The van der Waals surface area contributed by atoms with Gasteiger partial charge in [0.05, 0.1) is 6.10 Å². The number of anilines is 1. The molecule has 1 aromatic carbocycles. The molecule has 19 heavy (non-hydrogen) atoms. The van der Waals surface area contributed by atoms with Crippen LogP contribution in [0.1, 0.15) is 58.1 Å². The van der Waals surface area contributed by atoms with E-state index in [0.29, 0.717) is 0 Å². The summed E-state index contributed by atoms with van der Waals surface area (Å²) in [7, 11) is 0. The minimum absolute atomic E-state index is 0.320. The summed E-state index contributed by atoms with van der Waals surface area (Å²) < 4.78 is 0. The van der Waals surface area contributed by atoms with Crippen molar-refractivity contribution in [1.82, 2.24) is 0 Å². The maximum Gasteiger partial charge on any atom is 0.0787 e. The molecule has 0 bridgehead atoms. The Balaban J connectivity index is 2.04. The Labute approximate surface area is 117 Å². The molecule has 0 saturated heterocycles. The maximum absolute atomic E-state index is 9.84. The summed E-state index contributed by atoms with van der Waals surface area (Å²) in [6, 6.07) is 9.25. The highest BCUT2D eigenvalue weighted by Crippen LogP contribution is 2.32. The number of benzene rings is 1. The van der Waals surface area contributed by atoms with E-state index in [1.54, 1.807) is 0 Å². The predicted molar refractivity (Wildman–Crippen MR) is 81.5 cm³/mol. The van der Waals surface area contributed by atoms with Gasteiger partial charge >= 0.3 is 0 Å². The second kappa shape index (κ2) is 6.42. The van der Waals surface area contributed by atoms with Crippen LogP contribution in [0.3, 0.4) is 0 Å². The van der Waals surface area contributed by atoms with Gasteiger partial charge in [0.25, 0.3) is 0 Å². The Morgan fingerprint density at radius 2 is 1.84 bits per heavy atom. The highest BCUT2D eigenvalue weighted by molar-refractivity contribution is 5.50. The maximum atomic E-state index is 9.84. The van der Waals surface area contributed by atoms with Crippen molar-refractivity contribution in [1.29, 1.82) is 0 Å². The molecule has 0 aromatic heterocycles. The normalized spacial score (nSPS) is 16.7. The zero-order chi connectivity index (χ0) is 13.8. The van der Waals surface area contributed by atoms with Crippen LogP contribution in [0.15, 0.2) is 24.3 Å². The van der Waals surface area contributed by atoms with Gasteiger partial charge in [-0.1, -0.05) is 32.9 Å². The fraction of sp³-hybridized carbons (Fsp3) is 0.647. The average molecular weight is 261 g/mol. The highest BCUT2D eigenvalue weighted by Gasteiger charge is 2.29. The zero-order valence-corrected chi connectivity index (χ0v) is 12.5. The zero-order valence-electron chi connectivity index (χ0n) is 12.5. The lowest BCUT2D eigenvalue weighted by molar-refractivity contribution is 0.173. The Morgan fingerprint density at radius 1 is 1.21 bits per heavy atom. The molecular formula is C17H27NO. The molecule has 1 aromatic rings. The molecule has 2 nitrogen and oxygen atoms in total. The fourth-order valence-electron chi connectivity index (χ4n) is 2.43. The molecule has 1 fully saturated rings.